The van der Waals surface area contributed by atoms with E-state index in [1.165, 1.54) is 0 Å². The molecule has 4 nitrogen and oxygen atoms in total. The minimum absolute atomic E-state index is 0.154. The minimum Gasteiger partial charge on any atom is -0.308 e. The molecule has 0 heterocycles. The molecule has 0 saturated carbocycles. The number of hydrogen-bond acceptors (Lipinski definition) is 4. The van der Waals surface area contributed by atoms with E-state index in [4.69, 9.17) is 5.14 Å². The Morgan fingerprint density at radius 1 is 1.25 bits per heavy atom. The van der Waals surface area contributed by atoms with E-state index in [9.17, 15) is 8.42 Å². The molecule has 0 aliphatic rings. The van der Waals surface area contributed by atoms with Crippen LogP contribution in [0.4, 0.5) is 0 Å². The molecule has 0 aliphatic carbocycles. The van der Waals surface area contributed by atoms with Crippen LogP contribution in [0, 0.1) is 0 Å². The van der Waals surface area contributed by atoms with E-state index in [1.54, 1.807) is 12.1 Å². The molecule has 2 atom stereocenters. The normalized spacial score (nSPS) is 15.0. The standard InChI is InChI=1S/C14H24N2O2S2/c1-4-19-10-9-11(2)16-12(3)13-5-7-14(8-6-13)20(15,17)18/h5-8,11-12,16H,4,9-10H2,1-3H3,(H2,15,17,18). The maximum Gasteiger partial charge on any atom is 0.238 e. The summed E-state index contributed by atoms with van der Waals surface area (Å²) in [5.41, 5.74) is 1.06. The van der Waals surface area contributed by atoms with Crippen molar-refractivity contribution in [2.45, 2.75) is 44.2 Å². The Morgan fingerprint density at radius 2 is 1.85 bits per heavy atom. The van der Waals surface area contributed by atoms with Crippen LogP contribution < -0.4 is 10.5 Å². The van der Waals surface area contributed by atoms with Gasteiger partial charge in [0.15, 0.2) is 0 Å². The number of nitrogens with two attached hydrogens (primary N) is 1. The summed E-state index contributed by atoms with van der Waals surface area (Å²) < 4.78 is 22.4. The third kappa shape index (κ3) is 5.83. The second-order valence-electron chi connectivity index (χ2n) is 4.89. The fourth-order valence-corrected chi connectivity index (χ4v) is 3.28. The van der Waals surface area contributed by atoms with Gasteiger partial charge in [0, 0.05) is 12.1 Å². The predicted molar refractivity (Wildman–Crippen MR) is 86.4 cm³/mol. The molecule has 114 valence electrons. The number of rotatable bonds is 8. The molecular formula is C14H24N2O2S2. The maximum absolute atomic E-state index is 11.2. The lowest BCUT2D eigenvalue weighted by Gasteiger charge is -2.20. The van der Waals surface area contributed by atoms with Gasteiger partial charge in [0.1, 0.15) is 0 Å². The summed E-state index contributed by atoms with van der Waals surface area (Å²) in [5.74, 6) is 2.30. The second kappa shape index (κ2) is 8.02. The first-order valence-electron chi connectivity index (χ1n) is 6.81. The number of nitrogens with one attached hydrogen (secondary N) is 1. The first kappa shape index (κ1) is 17.5. The quantitative estimate of drug-likeness (QED) is 0.723. The van der Waals surface area contributed by atoms with Gasteiger partial charge >= 0.3 is 0 Å². The van der Waals surface area contributed by atoms with E-state index in [2.05, 4.69) is 26.1 Å². The van der Waals surface area contributed by atoms with E-state index in [-0.39, 0.29) is 10.9 Å². The van der Waals surface area contributed by atoms with Gasteiger partial charge in [-0.05, 0) is 49.5 Å². The third-order valence-corrected chi connectivity index (χ3v) is 5.00. The molecule has 0 saturated heterocycles. The van der Waals surface area contributed by atoms with Gasteiger partial charge in [-0.1, -0.05) is 19.1 Å². The van der Waals surface area contributed by atoms with Crippen molar-refractivity contribution in [2.24, 2.45) is 5.14 Å². The van der Waals surface area contributed by atoms with Gasteiger partial charge in [-0.25, -0.2) is 13.6 Å². The van der Waals surface area contributed by atoms with Gasteiger partial charge < -0.3 is 5.32 Å². The first-order valence-corrected chi connectivity index (χ1v) is 9.51. The molecule has 0 fully saturated rings. The van der Waals surface area contributed by atoms with Crippen LogP contribution in [0.1, 0.15) is 38.8 Å². The summed E-state index contributed by atoms with van der Waals surface area (Å²) in [6.07, 6.45) is 1.12. The largest absolute Gasteiger partial charge is 0.308 e. The van der Waals surface area contributed by atoms with Crippen molar-refractivity contribution in [2.75, 3.05) is 11.5 Å². The van der Waals surface area contributed by atoms with Crippen LogP contribution in [-0.4, -0.2) is 26.0 Å². The van der Waals surface area contributed by atoms with Crippen LogP contribution >= 0.6 is 11.8 Å². The highest BCUT2D eigenvalue weighted by Gasteiger charge is 2.11. The Balaban J connectivity index is 2.57. The SMILES string of the molecule is CCSCCC(C)NC(C)c1ccc(S(N)(=O)=O)cc1. The minimum atomic E-state index is -3.61. The molecule has 20 heavy (non-hydrogen) atoms. The lowest BCUT2D eigenvalue weighted by atomic mass is 10.1. The number of sulfonamides is 1. The van der Waals surface area contributed by atoms with E-state index >= 15 is 0 Å². The molecule has 6 heteroatoms. The van der Waals surface area contributed by atoms with Gasteiger partial charge in [0.05, 0.1) is 4.90 Å². The third-order valence-electron chi connectivity index (χ3n) is 3.14. The molecule has 1 aromatic rings. The Hall–Kier alpha value is -0.560. The van der Waals surface area contributed by atoms with Crippen LogP contribution in [0.15, 0.2) is 29.2 Å². The van der Waals surface area contributed by atoms with Gasteiger partial charge in [-0.15, -0.1) is 0 Å². The fourth-order valence-electron chi connectivity index (χ4n) is 1.96. The van der Waals surface area contributed by atoms with E-state index in [1.807, 2.05) is 23.9 Å². The van der Waals surface area contributed by atoms with Crippen LogP contribution in [0.5, 0.6) is 0 Å². The molecule has 1 aromatic carbocycles. The average molecular weight is 316 g/mol. The summed E-state index contributed by atoms with van der Waals surface area (Å²) in [6.45, 7) is 6.42. The predicted octanol–water partition coefficient (Wildman–Crippen LogP) is 2.52. The number of benzene rings is 1. The summed E-state index contributed by atoms with van der Waals surface area (Å²) in [4.78, 5) is 0.154. The van der Waals surface area contributed by atoms with Gasteiger partial charge in [-0.3, -0.25) is 0 Å². The zero-order valence-corrected chi connectivity index (χ0v) is 13.9. The first-order chi connectivity index (χ1) is 9.34. The Kier molecular flexibility index (Phi) is 7.02. The molecule has 0 amide bonds. The number of hydrogen-bond donors (Lipinski definition) is 2. The zero-order valence-electron chi connectivity index (χ0n) is 12.3. The van der Waals surface area contributed by atoms with Gasteiger partial charge in [0.25, 0.3) is 0 Å². The van der Waals surface area contributed by atoms with Crippen LogP contribution in [0.3, 0.4) is 0 Å². The number of thioether (sulfide) groups is 1. The number of primary sulfonamides is 1. The molecule has 1 rings (SSSR count). The van der Waals surface area contributed by atoms with Crippen LogP contribution in [0.2, 0.25) is 0 Å². The van der Waals surface area contributed by atoms with E-state index < -0.39 is 10.0 Å². The molecule has 3 N–H and O–H groups in total. The maximum atomic E-state index is 11.2. The van der Waals surface area contributed by atoms with Crippen molar-refractivity contribution in [1.29, 1.82) is 0 Å². The molecule has 0 radical (unpaired) electrons. The molecule has 2 unspecified atom stereocenters. The molecule has 0 aliphatic heterocycles. The zero-order chi connectivity index (χ0) is 15.2. The van der Waals surface area contributed by atoms with Gasteiger partial charge in [-0.2, -0.15) is 11.8 Å². The van der Waals surface area contributed by atoms with E-state index in [0.29, 0.717) is 6.04 Å². The Labute approximate surface area is 126 Å². The van der Waals surface area contributed by atoms with Crippen molar-refractivity contribution in [3.63, 3.8) is 0 Å². The van der Waals surface area contributed by atoms with Crippen molar-refractivity contribution in [1.82, 2.24) is 5.32 Å². The molecule has 0 spiro atoms. The van der Waals surface area contributed by atoms with Crippen molar-refractivity contribution in [3.05, 3.63) is 29.8 Å². The molecule has 0 bridgehead atoms. The monoisotopic (exact) mass is 316 g/mol. The molecule has 0 aromatic heterocycles. The van der Waals surface area contributed by atoms with Crippen molar-refractivity contribution < 1.29 is 8.42 Å². The van der Waals surface area contributed by atoms with Gasteiger partial charge in [0.2, 0.25) is 10.0 Å². The highest BCUT2D eigenvalue weighted by atomic mass is 32.2. The average Bonchev–Trinajstić information content (AvgIpc) is 2.38. The smallest absolute Gasteiger partial charge is 0.238 e. The fraction of sp³-hybridized carbons (Fsp3) is 0.571. The highest BCUT2D eigenvalue weighted by Crippen LogP contribution is 2.17. The van der Waals surface area contributed by atoms with E-state index in [0.717, 1.165) is 23.5 Å². The second-order valence-corrected chi connectivity index (χ2v) is 7.84. The lowest BCUT2D eigenvalue weighted by Crippen LogP contribution is -2.29. The molecular weight excluding hydrogens is 292 g/mol. The topological polar surface area (TPSA) is 72.2 Å². The van der Waals surface area contributed by atoms with Crippen LogP contribution in [-0.2, 0) is 10.0 Å². The summed E-state index contributed by atoms with van der Waals surface area (Å²) in [5, 5.41) is 8.61. The summed E-state index contributed by atoms with van der Waals surface area (Å²) >= 11 is 1.94. The Morgan fingerprint density at radius 3 is 2.35 bits per heavy atom. The summed E-state index contributed by atoms with van der Waals surface area (Å²) in [6, 6.07) is 7.35. The Bertz CT molecular complexity index is 500. The highest BCUT2D eigenvalue weighted by molar-refractivity contribution is 7.99. The summed E-state index contributed by atoms with van der Waals surface area (Å²) in [7, 11) is -3.61. The van der Waals surface area contributed by atoms with Crippen molar-refractivity contribution in [3.8, 4) is 0 Å². The lowest BCUT2D eigenvalue weighted by molar-refractivity contribution is 0.471. The van der Waals surface area contributed by atoms with Crippen LogP contribution in [0.25, 0.3) is 0 Å². The van der Waals surface area contributed by atoms with Crippen molar-refractivity contribution >= 4 is 21.8 Å².